The van der Waals surface area contributed by atoms with Crippen molar-refractivity contribution in [3.05, 3.63) is 53.9 Å². The molecule has 28 heavy (non-hydrogen) atoms. The quantitative estimate of drug-likeness (QED) is 0.785. The summed E-state index contributed by atoms with van der Waals surface area (Å²) in [7, 11) is -3.65. The van der Waals surface area contributed by atoms with Gasteiger partial charge in [0.1, 0.15) is 5.75 Å². The minimum absolute atomic E-state index is 0.103. The van der Waals surface area contributed by atoms with Crippen LogP contribution in [0.5, 0.6) is 5.75 Å². The second kappa shape index (κ2) is 7.18. The highest BCUT2D eigenvalue weighted by atomic mass is 32.2. The van der Waals surface area contributed by atoms with E-state index in [4.69, 9.17) is 4.74 Å². The molecule has 148 valence electrons. The average molecular weight is 401 g/mol. The van der Waals surface area contributed by atoms with Gasteiger partial charge in [-0.3, -0.25) is 9.78 Å². The lowest BCUT2D eigenvalue weighted by Crippen LogP contribution is -2.60. The van der Waals surface area contributed by atoms with Crippen molar-refractivity contribution in [2.24, 2.45) is 0 Å². The molecule has 1 aromatic heterocycles. The van der Waals surface area contributed by atoms with Gasteiger partial charge in [-0.05, 0) is 49.7 Å². The number of carbonyl (C=O) groups excluding carboxylic acids is 1. The molecule has 2 atom stereocenters. The summed E-state index contributed by atoms with van der Waals surface area (Å²) >= 11 is 0. The van der Waals surface area contributed by atoms with Crippen LogP contribution in [0.4, 0.5) is 0 Å². The van der Waals surface area contributed by atoms with Crippen LogP contribution in [0.2, 0.25) is 0 Å². The van der Waals surface area contributed by atoms with Gasteiger partial charge in [-0.25, -0.2) is 8.42 Å². The van der Waals surface area contributed by atoms with E-state index >= 15 is 0 Å². The number of aromatic nitrogens is 1. The molecule has 0 radical (unpaired) electrons. The van der Waals surface area contributed by atoms with Gasteiger partial charge in [0.25, 0.3) is 5.91 Å². The zero-order valence-corrected chi connectivity index (χ0v) is 16.7. The normalized spacial score (nSPS) is 22.6. The summed E-state index contributed by atoms with van der Waals surface area (Å²) in [6.07, 6.45) is 3.89. The van der Waals surface area contributed by atoms with Crippen LogP contribution in [0.25, 0.3) is 0 Å². The molecule has 2 aliphatic rings. The molecule has 0 bridgehead atoms. The highest BCUT2D eigenvalue weighted by Crippen LogP contribution is 2.31. The zero-order valence-electron chi connectivity index (χ0n) is 15.9. The van der Waals surface area contributed by atoms with Crippen LogP contribution in [0.1, 0.15) is 29.8 Å². The molecule has 0 aliphatic carbocycles. The summed E-state index contributed by atoms with van der Waals surface area (Å²) in [5.74, 6) is 0.654. The fourth-order valence-electron chi connectivity index (χ4n) is 3.86. The SMILES string of the molecule is C[C@@H]1[C@H](C)N(C(=O)c2ccncc2)CCN1S(=O)(=O)c1ccc2c(c1)CCO2. The summed E-state index contributed by atoms with van der Waals surface area (Å²) in [5, 5.41) is 0. The van der Waals surface area contributed by atoms with Gasteiger partial charge < -0.3 is 9.64 Å². The number of benzene rings is 1. The van der Waals surface area contributed by atoms with E-state index in [0.717, 1.165) is 17.7 Å². The van der Waals surface area contributed by atoms with E-state index in [1.54, 1.807) is 47.6 Å². The molecule has 0 saturated carbocycles. The number of hydrogen-bond donors (Lipinski definition) is 0. The van der Waals surface area contributed by atoms with Crippen LogP contribution < -0.4 is 4.74 Å². The molecule has 1 amide bonds. The lowest BCUT2D eigenvalue weighted by molar-refractivity contribution is 0.0482. The molecule has 0 unspecified atom stereocenters. The third-order valence-electron chi connectivity index (χ3n) is 5.66. The van der Waals surface area contributed by atoms with Crippen LogP contribution in [-0.4, -0.2) is 60.3 Å². The Morgan fingerprint density at radius 3 is 2.61 bits per heavy atom. The third kappa shape index (κ3) is 3.16. The van der Waals surface area contributed by atoms with E-state index in [0.29, 0.717) is 18.7 Å². The average Bonchev–Trinajstić information content (AvgIpc) is 3.18. The van der Waals surface area contributed by atoms with Crippen molar-refractivity contribution in [2.75, 3.05) is 19.7 Å². The number of pyridine rings is 1. The molecule has 1 saturated heterocycles. The summed E-state index contributed by atoms with van der Waals surface area (Å²) in [6.45, 7) is 4.94. The van der Waals surface area contributed by atoms with Gasteiger partial charge in [0.15, 0.2) is 0 Å². The van der Waals surface area contributed by atoms with Crippen molar-refractivity contribution in [3.63, 3.8) is 0 Å². The Morgan fingerprint density at radius 2 is 1.86 bits per heavy atom. The summed E-state index contributed by atoms with van der Waals surface area (Å²) in [4.78, 5) is 18.8. The molecule has 3 heterocycles. The van der Waals surface area contributed by atoms with E-state index in [-0.39, 0.29) is 29.4 Å². The van der Waals surface area contributed by atoms with Gasteiger partial charge in [0.05, 0.1) is 11.5 Å². The van der Waals surface area contributed by atoms with Gasteiger partial charge in [0, 0.05) is 49.6 Å². The molecule has 7 nitrogen and oxygen atoms in total. The monoisotopic (exact) mass is 401 g/mol. The van der Waals surface area contributed by atoms with Gasteiger partial charge in [-0.1, -0.05) is 0 Å². The van der Waals surface area contributed by atoms with Gasteiger partial charge in [-0.15, -0.1) is 0 Å². The first kappa shape index (κ1) is 18.9. The predicted molar refractivity (Wildman–Crippen MR) is 104 cm³/mol. The van der Waals surface area contributed by atoms with Crippen molar-refractivity contribution in [1.82, 2.24) is 14.2 Å². The largest absolute Gasteiger partial charge is 0.493 e. The van der Waals surface area contributed by atoms with E-state index < -0.39 is 10.0 Å². The predicted octanol–water partition coefficient (Wildman–Crippen LogP) is 1.94. The molecule has 8 heteroatoms. The molecule has 2 aliphatic heterocycles. The number of piperazine rings is 1. The van der Waals surface area contributed by atoms with Crippen molar-refractivity contribution < 1.29 is 17.9 Å². The molecule has 0 spiro atoms. The number of ether oxygens (including phenoxy) is 1. The van der Waals surface area contributed by atoms with Crippen LogP contribution >= 0.6 is 0 Å². The third-order valence-corrected chi connectivity index (χ3v) is 7.64. The molecular weight excluding hydrogens is 378 g/mol. The zero-order chi connectivity index (χ0) is 19.9. The maximum atomic E-state index is 13.3. The van der Waals surface area contributed by atoms with Crippen LogP contribution in [0.3, 0.4) is 0 Å². The fourth-order valence-corrected chi connectivity index (χ4v) is 5.60. The van der Waals surface area contributed by atoms with Gasteiger partial charge >= 0.3 is 0 Å². The van der Waals surface area contributed by atoms with Crippen molar-refractivity contribution in [3.8, 4) is 5.75 Å². The Bertz CT molecular complexity index is 994. The topological polar surface area (TPSA) is 79.8 Å². The van der Waals surface area contributed by atoms with E-state index in [1.807, 2.05) is 13.8 Å². The highest BCUT2D eigenvalue weighted by Gasteiger charge is 2.40. The van der Waals surface area contributed by atoms with Gasteiger partial charge in [0.2, 0.25) is 10.0 Å². The molecule has 1 aromatic carbocycles. The second-order valence-corrected chi connectivity index (χ2v) is 9.09. The van der Waals surface area contributed by atoms with E-state index in [1.165, 1.54) is 4.31 Å². The first-order valence-electron chi connectivity index (χ1n) is 9.38. The Labute approximate surface area is 165 Å². The number of amides is 1. The number of rotatable bonds is 3. The first-order chi connectivity index (χ1) is 13.4. The minimum Gasteiger partial charge on any atom is -0.493 e. The van der Waals surface area contributed by atoms with Crippen molar-refractivity contribution in [1.29, 1.82) is 0 Å². The number of sulfonamides is 1. The van der Waals surface area contributed by atoms with E-state index in [2.05, 4.69) is 4.98 Å². The van der Waals surface area contributed by atoms with Gasteiger partial charge in [-0.2, -0.15) is 4.31 Å². The lowest BCUT2D eigenvalue weighted by atomic mass is 10.1. The Balaban J connectivity index is 1.57. The minimum atomic E-state index is -3.65. The molecular formula is C20H23N3O4S. The maximum absolute atomic E-state index is 13.3. The maximum Gasteiger partial charge on any atom is 0.254 e. The summed E-state index contributed by atoms with van der Waals surface area (Å²) in [5.41, 5.74) is 1.48. The van der Waals surface area contributed by atoms with Crippen LogP contribution in [0, 0.1) is 0 Å². The molecule has 2 aromatic rings. The molecule has 4 rings (SSSR count). The highest BCUT2D eigenvalue weighted by molar-refractivity contribution is 7.89. The number of nitrogens with zero attached hydrogens (tertiary/aromatic N) is 3. The summed E-state index contributed by atoms with van der Waals surface area (Å²) < 4.78 is 33.5. The standard InChI is InChI=1S/C20H23N3O4S/c1-14-15(2)23(11-10-22(14)20(24)16-5-8-21-9-6-16)28(25,26)18-3-4-19-17(13-18)7-12-27-19/h3-6,8-9,13-15H,7,10-12H2,1-2H3/t14-,15+/m0/s1. The number of hydrogen-bond acceptors (Lipinski definition) is 5. The second-order valence-electron chi connectivity index (χ2n) is 7.20. The molecule has 1 fully saturated rings. The summed E-state index contributed by atoms with van der Waals surface area (Å²) in [6, 6.07) is 7.81. The fraction of sp³-hybridized carbons (Fsp3) is 0.400. The van der Waals surface area contributed by atoms with Crippen molar-refractivity contribution >= 4 is 15.9 Å². The smallest absolute Gasteiger partial charge is 0.254 e. The lowest BCUT2D eigenvalue weighted by Gasteiger charge is -2.44. The Hall–Kier alpha value is -2.45. The number of carbonyl (C=O) groups is 1. The number of fused-ring (bicyclic) bond motifs is 1. The van der Waals surface area contributed by atoms with Crippen LogP contribution in [-0.2, 0) is 16.4 Å². The van der Waals surface area contributed by atoms with Crippen LogP contribution in [0.15, 0.2) is 47.6 Å². The van der Waals surface area contributed by atoms with E-state index in [9.17, 15) is 13.2 Å². The van der Waals surface area contributed by atoms with Crippen molar-refractivity contribution in [2.45, 2.75) is 37.2 Å². The first-order valence-corrected chi connectivity index (χ1v) is 10.8. The molecule has 0 N–H and O–H groups in total. The Kier molecular flexibility index (Phi) is 4.84. The Morgan fingerprint density at radius 1 is 1.11 bits per heavy atom.